The summed E-state index contributed by atoms with van der Waals surface area (Å²) in [4.78, 5) is 20.0. The second kappa shape index (κ2) is 4.73. The number of aromatic nitrogens is 2. The van der Waals surface area contributed by atoms with Crippen LogP contribution in [0.25, 0.3) is 0 Å². The van der Waals surface area contributed by atoms with Crippen LogP contribution < -0.4 is 5.32 Å². The van der Waals surface area contributed by atoms with E-state index in [2.05, 4.69) is 15.3 Å². The number of nitrogens with zero attached hydrogens (tertiary/aromatic N) is 2. The molecule has 0 aliphatic rings. The summed E-state index contributed by atoms with van der Waals surface area (Å²) in [5.41, 5.74) is -0.240. The molecule has 0 fully saturated rings. The predicted molar refractivity (Wildman–Crippen MR) is 68.5 cm³/mol. The number of hydrogen-bond acceptors (Lipinski definition) is 5. The zero-order valence-electron chi connectivity index (χ0n) is 10.0. The number of nitrogens with one attached hydrogen (secondary N) is 1. The third-order valence-electron chi connectivity index (χ3n) is 2.38. The zero-order chi connectivity index (χ0) is 13.2. The first-order chi connectivity index (χ1) is 8.49. The standard InChI is InChI=1S/C12H13N3O2S/c1-12(2,11-14-3-4-18-11)15-10(17)8-5-9(16)7-13-6-8/h3-7,16H,1-2H3,(H,15,17). The van der Waals surface area contributed by atoms with Gasteiger partial charge in [-0.3, -0.25) is 9.78 Å². The van der Waals surface area contributed by atoms with Gasteiger partial charge in [-0.2, -0.15) is 0 Å². The molecule has 0 aliphatic carbocycles. The van der Waals surface area contributed by atoms with Crippen LogP contribution >= 0.6 is 11.3 Å². The van der Waals surface area contributed by atoms with E-state index in [1.54, 1.807) is 6.20 Å². The largest absolute Gasteiger partial charge is 0.506 e. The molecule has 1 amide bonds. The quantitative estimate of drug-likeness (QED) is 0.887. The van der Waals surface area contributed by atoms with Gasteiger partial charge in [0.05, 0.1) is 17.3 Å². The molecule has 2 N–H and O–H groups in total. The number of aromatic hydroxyl groups is 1. The van der Waals surface area contributed by atoms with Crippen LogP contribution in [0.4, 0.5) is 0 Å². The van der Waals surface area contributed by atoms with Gasteiger partial charge in [-0.1, -0.05) is 0 Å². The molecule has 18 heavy (non-hydrogen) atoms. The van der Waals surface area contributed by atoms with E-state index in [4.69, 9.17) is 0 Å². The van der Waals surface area contributed by atoms with Crippen molar-refractivity contribution in [1.29, 1.82) is 0 Å². The molecule has 0 unspecified atom stereocenters. The van der Waals surface area contributed by atoms with E-state index in [9.17, 15) is 9.90 Å². The number of pyridine rings is 1. The van der Waals surface area contributed by atoms with Gasteiger partial charge in [0.1, 0.15) is 10.8 Å². The minimum absolute atomic E-state index is 0.0327. The highest BCUT2D eigenvalue weighted by Gasteiger charge is 2.26. The highest BCUT2D eigenvalue weighted by Crippen LogP contribution is 2.22. The molecule has 94 valence electrons. The topological polar surface area (TPSA) is 75.1 Å². The zero-order valence-corrected chi connectivity index (χ0v) is 10.9. The van der Waals surface area contributed by atoms with E-state index in [-0.39, 0.29) is 11.7 Å². The molecular weight excluding hydrogens is 250 g/mol. The number of hydrogen-bond donors (Lipinski definition) is 2. The van der Waals surface area contributed by atoms with Crippen molar-refractivity contribution in [2.24, 2.45) is 0 Å². The lowest BCUT2D eigenvalue weighted by molar-refractivity contribution is 0.0911. The number of rotatable bonds is 3. The molecule has 0 saturated carbocycles. The van der Waals surface area contributed by atoms with Gasteiger partial charge in [0.15, 0.2) is 0 Å². The number of carbonyl (C=O) groups is 1. The maximum absolute atomic E-state index is 12.0. The van der Waals surface area contributed by atoms with Gasteiger partial charge in [-0.25, -0.2) is 4.98 Å². The number of amides is 1. The highest BCUT2D eigenvalue weighted by molar-refractivity contribution is 7.09. The Morgan fingerprint density at radius 3 is 2.83 bits per heavy atom. The molecular formula is C12H13N3O2S. The molecule has 2 aromatic rings. The minimum Gasteiger partial charge on any atom is -0.506 e. The highest BCUT2D eigenvalue weighted by atomic mass is 32.1. The first kappa shape index (κ1) is 12.5. The van der Waals surface area contributed by atoms with Crippen LogP contribution in [0.15, 0.2) is 30.0 Å². The van der Waals surface area contributed by atoms with E-state index in [0.29, 0.717) is 5.56 Å². The lowest BCUT2D eigenvalue weighted by atomic mass is 10.1. The summed E-state index contributed by atoms with van der Waals surface area (Å²) in [6.45, 7) is 3.75. The molecule has 0 bridgehead atoms. The lowest BCUT2D eigenvalue weighted by Gasteiger charge is -2.23. The van der Waals surface area contributed by atoms with Crippen LogP contribution in [0, 0.1) is 0 Å². The second-order valence-electron chi connectivity index (χ2n) is 4.35. The van der Waals surface area contributed by atoms with Crippen molar-refractivity contribution < 1.29 is 9.90 Å². The normalized spacial score (nSPS) is 11.2. The van der Waals surface area contributed by atoms with Crippen LogP contribution in [0.3, 0.4) is 0 Å². The van der Waals surface area contributed by atoms with Crippen molar-refractivity contribution in [2.75, 3.05) is 0 Å². The summed E-state index contributed by atoms with van der Waals surface area (Å²) in [5.74, 6) is -0.326. The summed E-state index contributed by atoms with van der Waals surface area (Å²) in [7, 11) is 0. The molecule has 0 aromatic carbocycles. The summed E-state index contributed by atoms with van der Waals surface area (Å²) in [6.07, 6.45) is 4.39. The van der Waals surface area contributed by atoms with E-state index in [1.165, 1.54) is 29.8 Å². The minimum atomic E-state index is -0.559. The van der Waals surface area contributed by atoms with E-state index < -0.39 is 5.54 Å². The summed E-state index contributed by atoms with van der Waals surface area (Å²) in [6, 6.07) is 1.38. The van der Waals surface area contributed by atoms with Gasteiger partial charge in [0, 0.05) is 17.8 Å². The Bertz CT molecular complexity index is 552. The van der Waals surface area contributed by atoms with Crippen LogP contribution in [-0.4, -0.2) is 21.0 Å². The fourth-order valence-corrected chi connectivity index (χ4v) is 2.21. The van der Waals surface area contributed by atoms with E-state index in [0.717, 1.165) is 5.01 Å². The molecule has 0 atom stereocenters. The van der Waals surface area contributed by atoms with Crippen molar-refractivity contribution in [3.05, 3.63) is 40.6 Å². The monoisotopic (exact) mass is 263 g/mol. The molecule has 0 spiro atoms. The van der Waals surface area contributed by atoms with Crippen molar-refractivity contribution in [2.45, 2.75) is 19.4 Å². The van der Waals surface area contributed by atoms with Crippen LogP contribution in [0.2, 0.25) is 0 Å². The second-order valence-corrected chi connectivity index (χ2v) is 5.24. The first-order valence-electron chi connectivity index (χ1n) is 5.35. The van der Waals surface area contributed by atoms with Gasteiger partial charge >= 0.3 is 0 Å². The first-order valence-corrected chi connectivity index (χ1v) is 6.23. The Morgan fingerprint density at radius 1 is 1.44 bits per heavy atom. The molecule has 6 heteroatoms. The smallest absolute Gasteiger partial charge is 0.253 e. The lowest BCUT2D eigenvalue weighted by Crippen LogP contribution is -2.40. The van der Waals surface area contributed by atoms with Gasteiger partial charge in [-0.15, -0.1) is 11.3 Å². The summed E-state index contributed by atoms with van der Waals surface area (Å²) >= 11 is 1.48. The van der Waals surface area contributed by atoms with E-state index >= 15 is 0 Å². The molecule has 2 aromatic heterocycles. The van der Waals surface area contributed by atoms with Crippen molar-refractivity contribution in [3.63, 3.8) is 0 Å². The summed E-state index contributed by atoms with van der Waals surface area (Å²) in [5, 5.41) is 14.8. The average Bonchev–Trinajstić information content (AvgIpc) is 2.82. The average molecular weight is 263 g/mol. The molecule has 5 nitrogen and oxygen atoms in total. The number of carbonyl (C=O) groups excluding carboxylic acids is 1. The van der Waals surface area contributed by atoms with Gasteiger partial charge in [0.25, 0.3) is 5.91 Å². The Kier molecular flexibility index (Phi) is 3.29. The summed E-state index contributed by atoms with van der Waals surface area (Å²) < 4.78 is 0. The number of thiazole rings is 1. The fourth-order valence-electron chi connectivity index (χ4n) is 1.49. The maximum Gasteiger partial charge on any atom is 0.253 e. The third-order valence-corrected chi connectivity index (χ3v) is 3.48. The molecule has 2 heterocycles. The molecule has 0 saturated heterocycles. The molecule has 2 rings (SSSR count). The Hall–Kier alpha value is -1.95. The Morgan fingerprint density at radius 2 is 2.22 bits per heavy atom. The van der Waals surface area contributed by atoms with Gasteiger partial charge in [0.2, 0.25) is 0 Å². The molecule has 0 radical (unpaired) electrons. The van der Waals surface area contributed by atoms with Crippen LogP contribution in [0.1, 0.15) is 29.2 Å². The maximum atomic E-state index is 12.0. The Labute approximate surface area is 109 Å². The van der Waals surface area contributed by atoms with Crippen molar-refractivity contribution >= 4 is 17.2 Å². The molecule has 0 aliphatic heterocycles. The SMILES string of the molecule is CC(C)(NC(=O)c1cncc(O)c1)c1nccs1. The van der Waals surface area contributed by atoms with Gasteiger partial charge in [-0.05, 0) is 19.9 Å². The Balaban J connectivity index is 2.17. The predicted octanol–water partition coefficient (Wildman–Crippen LogP) is 1.91. The van der Waals surface area contributed by atoms with Crippen molar-refractivity contribution in [1.82, 2.24) is 15.3 Å². The van der Waals surface area contributed by atoms with Crippen molar-refractivity contribution in [3.8, 4) is 5.75 Å². The third kappa shape index (κ3) is 2.65. The van der Waals surface area contributed by atoms with Crippen LogP contribution in [0.5, 0.6) is 5.75 Å². The van der Waals surface area contributed by atoms with Crippen LogP contribution in [-0.2, 0) is 5.54 Å². The fraction of sp³-hybridized carbons (Fsp3) is 0.250. The van der Waals surface area contributed by atoms with E-state index in [1.807, 2.05) is 19.2 Å². The van der Waals surface area contributed by atoms with Gasteiger partial charge < -0.3 is 10.4 Å².